The molecule has 0 spiro atoms. The van der Waals surface area contributed by atoms with E-state index < -0.39 is 18.0 Å². The van der Waals surface area contributed by atoms with Crippen LogP contribution in [-0.4, -0.2) is 66.9 Å². The lowest BCUT2D eigenvalue weighted by Gasteiger charge is -2.20. The first kappa shape index (κ1) is 18.2. The van der Waals surface area contributed by atoms with Gasteiger partial charge in [0.25, 0.3) is 0 Å². The lowest BCUT2D eigenvalue weighted by Crippen LogP contribution is -2.39. The highest BCUT2D eigenvalue weighted by Crippen LogP contribution is 1.91. The summed E-state index contributed by atoms with van der Waals surface area (Å²) >= 11 is 0. The van der Waals surface area contributed by atoms with Crippen LogP contribution in [0.15, 0.2) is 0 Å². The van der Waals surface area contributed by atoms with E-state index in [9.17, 15) is 9.59 Å². The smallest absolute Gasteiger partial charge is 0.359 e. The maximum atomic E-state index is 10.0. The molecule has 102 valence electrons. The molecular weight excluding hydrogens is 226 g/mol. The molecule has 0 aliphatic rings. The Bertz CT molecular complexity index is 238. The van der Waals surface area contributed by atoms with E-state index in [1.807, 2.05) is 21.1 Å². The molecule has 0 amide bonds. The topological polar surface area (TPSA) is 127 Å². The zero-order valence-corrected chi connectivity index (χ0v) is 10.7. The van der Waals surface area contributed by atoms with Gasteiger partial charge in [0.2, 0.25) is 0 Å². The molecule has 0 aromatic heterocycles. The minimum absolute atomic E-state index is 0.181. The Balaban J connectivity index is 0. The average molecular weight is 250 g/mol. The highest BCUT2D eigenvalue weighted by Gasteiger charge is 2.11. The van der Waals surface area contributed by atoms with Crippen molar-refractivity contribution in [1.82, 2.24) is 0 Å². The van der Waals surface area contributed by atoms with Crippen molar-refractivity contribution in [3.8, 4) is 0 Å². The third-order valence-corrected chi connectivity index (χ3v) is 1.65. The summed E-state index contributed by atoms with van der Waals surface area (Å²) in [5.74, 6) is -1.71. The zero-order valence-electron chi connectivity index (χ0n) is 10.7. The molecule has 0 aromatic carbocycles. The second-order valence-corrected chi connectivity index (χ2v) is 4.72. The highest BCUT2D eigenvalue weighted by atomic mass is 16.4. The lowest BCUT2D eigenvalue weighted by molar-refractivity contribution is -0.862. The molecule has 0 saturated heterocycles. The third kappa shape index (κ3) is 17.4. The van der Waals surface area contributed by atoms with E-state index in [1.54, 1.807) is 0 Å². The lowest BCUT2D eigenvalue weighted by atomic mass is 10.2. The van der Waals surface area contributed by atoms with Gasteiger partial charge in [0, 0.05) is 0 Å². The van der Waals surface area contributed by atoms with Gasteiger partial charge < -0.3 is 26.2 Å². The van der Waals surface area contributed by atoms with Gasteiger partial charge in [0.15, 0.2) is 6.54 Å². The molecule has 17 heavy (non-hydrogen) atoms. The van der Waals surface area contributed by atoms with E-state index in [0.717, 1.165) is 0 Å². The van der Waals surface area contributed by atoms with Crippen molar-refractivity contribution < 1.29 is 24.3 Å². The fourth-order valence-corrected chi connectivity index (χ4v) is 0.867. The summed E-state index contributed by atoms with van der Waals surface area (Å²) in [6.07, 6.45) is 1.14. The number of carboxylic acid groups (broad SMARTS) is 2. The molecule has 7 heteroatoms. The van der Waals surface area contributed by atoms with Crippen molar-refractivity contribution in [2.45, 2.75) is 18.9 Å². The van der Waals surface area contributed by atoms with Gasteiger partial charge in [0.05, 0.1) is 21.1 Å². The highest BCUT2D eigenvalue weighted by molar-refractivity contribution is 5.72. The predicted molar refractivity (Wildman–Crippen MR) is 64.4 cm³/mol. The van der Waals surface area contributed by atoms with Gasteiger partial charge in [0.1, 0.15) is 6.04 Å². The molecule has 6 N–H and O–H groups in total. The Morgan fingerprint density at radius 2 is 1.71 bits per heavy atom. The second-order valence-electron chi connectivity index (χ2n) is 4.72. The Morgan fingerprint density at radius 1 is 1.24 bits per heavy atom. The van der Waals surface area contributed by atoms with Crippen LogP contribution in [0.5, 0.6) is 0 Å². The molecule has 0 fully saturated rings. The Morgan fingerprint density at radius 3 is 1.88 bits per heavy atom. The van der Waals surface area contributed by atoms with Crippen LogP contribution in [0, 0.1) is 0 Å². The van der Waals surface area contributed by atoms with Crippen LogP contribution < -0.4 is 11.5 Å². The van der Waals surface area contributed by atoms with Gasteiger partial charge >= 0.3 is 11.9 Å². The van der Waals surface area contributed by atoms with E-state index >= 15 is 0 Å². The predicted octanol–water partition coefficient (Wildman–Crippen LogP) is -1.09. The van der Waals surface area contributed by atoms with Gasteiger partial charge in [-0.25, -0.2) is 4.79 Å². The van der Waals surface area contributed by atoms with E-state index in [-0.39, 0.29) is 6.54 Å². The van der Waals surface area contributed by atoms with Crippen LogP contribution in [0.4, 0.5) is 0 Å². The van der Waals surface area contributed by atoms with Gasteiger partial charge in [-0.15, -0.1) is 0 Å². The maximum absolute atomic E-state index is 10.0. The Hall–Kier alpha value is -1.18. The van der Waals surface area contributed by atoms with Crippen molar-refractivity contribution in [3.05, 3.63) is 0 Å². The van der Waals surface area contributed by atoms with Crippen molar-refractivity contribution in [2.75, 3.05) is 34.2 Å². The van der Waals surface area contributed by atoms with Crippen molar-refractivity contribution in [3.63, 3.8) is 0 Å². The monoisotopic (exact) mass is 250 g/mol. The van der Waals surface area contributed by atoms with E-state index in [2.05, 4.69) is 0 Å². The minimum Gasteiger partial charge on any atom is -0.480 e. The van der Waals surface area contributed by atoms with Crippen LogP contribution in [0.25, 0.3) is 0 Å². The molecule has 0 aliphatic carbocycles. The normalized spacial score (nSPS) is 12.3. The summed E-state index contributed by atoms with van der Waals surface area (Å²) in [5, 5.41) is 16.5. The number of rotatable bonds is 6. The molecule has 0 radical (unpaired) electrons. The van der Waals surface area contributed by atoms with E-state index in [4.69, 9.17) is 21.7 Å². The quantitative estimate of drug-likeness (QED) is 0.444. The zero-order chi connectivity index (χ0) is 14.1. The van der Waals surface area contributed by atoms with Crippen molar-refractivity contribution in [2.24, 2.45) is 11.5 Å². The number of hydrogen-bond acceptors (Lipinski definition) is 4. The molecule has 1 atom stereocenters. The fraction of sp³-hybridized carbons (Fsp3) is 0.800. The van der Waals surface area contributed by atoms with E-state index in [0.29, 0.717) is 23.9 Å². The second kappa shape index (κ2) is 8.91. The van der Waals surface area contributed by atoms with Crippen LogP contribution in [0.2, 0.25) is 0 Å². The molecule has 7 nitrogen and oxygen atoms in total. The summed E-state index contributed by atoms with van der Waals surface area (Å²) < 4.78 is 0.481. The molecule has 0 heterocycles. The molecule has 0 aliphatic heterocycles. The first-order valence-electron chi connectivity index (χ1n) is 5.31. The van der Waals surface area contributed by atoms with Gasteiger partial charge in [-0.3, -0.25) is 4.79 Å². The van der Waals surface area contributed by atoms with Gasteiger partial charge in [-0.1, -0.05) is 0 Å². The van der Waals surface area contributed by atoms with E-state index in [1.165, 1.54) is 0 Å². The minimum atomic E-state index is -0.955. The number of likely N-dealkylation sites (N-methyl/N-ethyl adjacent to an activating group) is 1. The number of aliphatic carboxylic acids is 2. The Kier molecular flexibility index (Phi) is 9.54. The van der Waals surface area contributed by atoms with Crippen LogP contribution >= 0.6 is 0 Å². The summed E-state index contributed by atoms with van der Waals surface area (Å²) in [4.78, 5) is 20.0. The summed E-state index contributed by atoms with van der Waals surface area (Å²) in [6.45, 7) is 0.682. The molecule has 0 rings (SSSR count). The van der Waals surface area contributed by atoms with Crippen LogP contribution in [0.3, 0.4) is 0 Å². The fourth-order valence-electron chi connectivity index (χ4n) is 0.867. The summed E-state index contributed by atoms with van der Waals surface area (Å²) in [7, 11) is 5.52. The number of hydrogen-bond donors (Lipinski definition) is 4. The SMILES string of the molecule is C[N+](C)(C)CC(=O)O.NCCCC(N)C(=O)O. The van der Waals surface area contributed by atoms with Crippen LogP contribution in [0.1, 0.15) is 12.8 Å². The summed E-state index contributed by atoms with van der Waals surface area (Å²) in [6, 6.07) is -0.742. The number of carbonyl (C=O) groups is 2. The van der Waals surface area contributed by atoms with Gasteiger partial charge in [-0.05, 0) is 19.4 Å². The molecule has 0 aromatic rings. The number of nitrogens with two attached hydrogens (primary N) is 2. The van der Waals surface area contributed by atoms with Gasteiger partial charge in [-0.2, -0.15) is 0 Å². The average Bonchev–Trinajstić information content (AvgIpc) is 2.10. The maximum Gasteiger partial charge on any atom is 0.359 e. The first-order valence-corrected chi connectivity index (χ1v) is 5.31. The molecule has 1 unspecified atom stereocenters. The largest absolute Gasteiger partial charge is 0.480 e. The molecule has 0 saturated carbocycles. The first-order chi connectivity index (χ1) is 7.60. The number of nitrogens with zero attached hydrogens (tertiary/aromatic N) is 1. The summed E-state index contributed by atoms with van der Waals surface area (Å²) in [5.41, 5.74) is 10.3. The third-order valence-electron chi connectivity index (χ3n) is 1.65. The standard InChI is InChI=1S/C5H12N2O2.C5H11NO2/c6-3-1-2-4(7)5(8)9;1-6(2,3)4-5(7)8/h4H,1-3,6-7H2,(H,8,9);4H2,1-3H3/p+1. The molecule has 0 bridgehead atoms. The van der Waals surface area contributed by atoms with Crippen molar-refractivity contribution in [1.29, 1.82) is 0 Å². The Labute approximate surface area is 102 Å². The number of carboxylic acids is 2. The molecular formula is C10H24N3O4+. The van der Waals surface area contributed by atoms with Crippen LogP contribution in [-0.2, 0) is 9.59 Å². The number of quaternary nitrogens is 1. The van der Waals surface area contributed by atoms with Crippen molar-refractivity contribution >= 4 is 11.9 Å².